The molecule has 9 heteroatoms. The van der Waals surface area contributed by atoms with Crippen molar-refractivity contribution in [2.24, 2.45) is 5.84 Å². The number of aromatic nitrogens is 2. The van der Waals surface area contributed by atoms with Crippen molar-refractivity contribution in [2.45, 2.75) is 51.4 Å². The number of nitrogens with zero attached hydrogens (tertiary/aromatic N) is 4. The molecule has 4 rings (SSSR count). The Balaban J connectivity index is 1.45. The zero-order chi connectivity index (χ0) is 22.0. The molecule has 1 aromatic carbocycles. The first-order valence-electron chi connectivity index (χ1n) is 10.6. The Morgan fingerprint density at radius 3 is 2.71 bits per heavy atom. The van der Waals surface area contributed by atoms with Gasteiger partial charge in [0.05, 0.1) is 31.4 Å². The van der Waals surface area contributed by atoms with Gasteiger partial charge in [0.15, 0.2) is 0 Å². The highest BCUT2D eigenvalue weighted by Crippen LogP contribution is 2.38. The van der Waals surface area contributed by atoms with E-state index in [1.165, 1.54) is 5.01 Å². The first-order chi connectivity index (χ1) is 14.9. The van der Waals surface area contributed by atoms with Crippen LogP contribution in [0, 0.1) is 0 Å². The third kappa shape index (κ3) is 4.42. The molecule has 2 aliphatic heterocycles. The summed E-state index contributed by atoms with van der Waals surface area (Å²) in [5.74, 6) is 7.52. The SMILES string of the molecule is COc1ccc(CN(N)C(=O)N2Cc3nc(NC4CCOCC4)ncc3C2(C)C)cc1. The number of carbonyl (C=O) groups is 1. The van der Waals surface area contributed by atoms with E-state index in [9.17, 15) is 4.79 Å². The average molecular weight is 427 g/mol. The fourth-order valence-electron chi connectivity index (χ4n) is 4.09. The first kappa shape index (κ1) is 21.3. The molecule has 1 aromatic heterocycles. The highest BCUT2D eigenvalue weighted by Gasteiger charge is 2.43. The molecule has 3 N–H and O–H groups in total. The number of fused-ring (bicyclic) bond motifs is 1. The van der Waals surface area contributed by atoms with Crippen LogP contribution < -0.4 is 15.9 Å². The summed E-state index contributed by atoms with van der Waals surface area (Å²) in [6, 6.07) is 7.56. The Bertz CT molecular complexity index is 927. The van der Waals surface area contributed by atoms with Crippen molar-refractivity contribution < 1.29 is 14.3 Å². The van der Waals surface area contributed by atoms with Crippen LogP contribution in [-0.4, -0.2) is 52.3 Å². The van der Waals surface area contributed by atoms with E-state index in [1.54, 1.807) is 12.0 Å². The molecule has 0 spiro atoms. The van der Waals surface area contributed by atoms with E-state index in [1.807, 2.05) is 44.3 Å². The Kier molecular flexibility index (Phi) is 5.97. The standard InChI is InChI=1S/C22H30N6O3/c1-22(2)18-12-24-20(25-16-8-10-31-11-9-16)26-19(18)14-27(22)21(29)28(23)13-15-4-6-17(30-3)7-5-15/h4-7,12,16H,8-11,13-14,23H2,1-3H3,(H,24,25,26). The predicted molar refractivity (Wildman–Crippen MR) is 116 cm³/mol. The molecule has 1 saturated heterocycles. The van der Waals surface area contributed by atoms with Crippen molar-refractivity contribution >= 4 is 12.0 Å². The first-order valence-corrected chi connectivity index (χ1v) is 10.6. The zero-order valence-electron chi connectivity index (χ0n) is 18.3. The van der Waals surface area contributed by atoms with Gasteiger partial charge in [-0.05, 0) is 44.4 Å². The van der Waals surface area contributed by atoms with Crippen LogP contribution in [0.5, 0.6) is 5.75 Å². The predicted octanol–water partition coefficient (Wildman–Crippen LogP) is 2.62. The largest absolute Gasteiger partial charge is 0.497 e. The molecule has 3 heterocycles. The number of amides is 2. The van der Waals surface area contributed by atoms with E-state index in [0.29, 0.717) is 25.1 Å². The number of hydrazine groups is 1. The second-order valence-corrected chi connectivity index (χ2v) is 8.49. The maximum absolute atomic E-state index is 13.2. The number of urea groups is 1. The fourth-order valence-corrected chi connectivity index (χ4v) is 4.09. The van der Waals surface area contributed by atoms with Gasteiger partial charge in [-0.3, -0.25) is 5.01 Å². The molecule has 0 bridgehead atoms. The summed E-state index contributed by atoms with van der Waals surface area (Å²) in [6.45, 7) is 6.17. The van der Waals surface area contributed by atoms with Crippen molar-refractivity contribution in [3.8, 4) is 5.75 Å². The number of benzene rings is 1. The minimum atomic E-state index is -0.554. The van der Waals surface area contributed by atoms with Crippen LogP contribution in [-0.2, 0) is 23.4 Å². The molecule has 31 heavy (non-hydrogen) atoms. The summed E-state index contributed by atoms with van der Waals surface area (Å²) in [6.07, 6.45) is 3.69. The van der Waals surface area contributed by atoms with Crippen LogP contribution in [0.25, 0.3) is 0 Å². The van der Waals surface area contributed by atoms with Gasteiger partial charge in [-0.2, -0.15) is 0 Å². The zero-order valence-corrected chi connectivity index (χ0v) is 18.3. The fraction of sp³-hybridized carbons (Fsp3) is 0.500. The number of ether oxygens (including phenoxy) is 2. The Morgan fingerprint density at radius 2 is 2.03 bits per heavy atom. The minimum absolute atomic E-state index is 0.252. The van der Waals surface area contributed by atoms with Gasteiger partial charge in [-0.1, -0.05) is 12.1 Å². The normalized spacial score (nSPS) is 17.9. The monoisotopic (exact) mass is 426 g/mol. The van der Waals surface area contributed by atoms with Crippen molar-refractivity contribution in [1.82, 2.24) is 19.9 Å². The van der Waals surface area contributed by atoms with Gasteiger partial charge < -0.3 is 19.7 Å². The lowest BCUT2D eigenvalue weighted by molar-refractivity contribution is 0.0903. The average Bonchev–Trinajstić information content (AvgIpc) is 3.04. The van der Waals surface area contributed by atoms with Crippen LogP contribution in [0.3, 0.4) is 0 Å². The highest BCUT2D eigenvalue weighted by molar-refractivity contribution is 5.76. The van der Waals surface area contributed by atoms with Crippen LogP contribution >= 0.6 is 0 Å². The van der Waals surface area contributed by atoms with E-state index in [4.69, 9.17) is 20.3 Å². The number of carbonyl (C=O) groups excluding carboxylic acids is 1. The molecular formula is C22H30N6O3. The Morgan fingerprint density at radius 1 is 1.32 bits per heavy atom. The van der Waals surface area contributed by atoms with Crippen molar-refractivity contribution in [1.29, 1.82) is 0 Å². The third-order valence-electron chi connectivity index (χ3n) is 6.05. The molecule has 0 saturated carbocycles. The summed E-state index contributed by atoms with van der Waals surface area (Å²) in [7, 11) is 1.62. The molecule has 2 aromatic rings. The van der Waals surface area contributed by atoms with Gasteiger partial charge in [-0.25, -0.2) is 20.6 Å². The minimum Gasteiger partial charge on any atom is -0.497 e. The van der Waals surface area contributed by atoms with Crippen molar-refractivity contribution in [3.63, 3.8) is 0 Å². The van der Waals surface area contributed by atoms with Crippen LogP contribution in [0.15, 0.2) is 30.5 Å². The second kappa shape index (κ2) is 8.68. The molecular weight excluding hydrogens is 396 g/mol. The molecule has 9 nitrogen and oxygen atoms in total. The third-order valence-corrected chi connectivity index (χ3v) is 6.05. The maximum atomic E-state index is 13.2. The lowest BCUT2D eigenvalue weighted by Gasteiger charge is -2.34. The lowest BCUT2D eigenvalue weighted by Crippen LogP contribution is -2.50. The topological polar surface area (TPSA) is 106 Å². The number of nitrogens with two attached hydrogens (primary N) is 1. The van der Waals surface area contributed by atoms with Gasteiger partial charge >= 0.3 is 6.03 Å². The Hall–Kier alpha value is -2.91. The van der Waals surface area contributed by atoms with E-state index < -0.39 is 5.54 Å². The van der Waals surface area contributed by atoms with E-state index in [2.05, 4.69) is 10.3 Å². The number of methoxy groups -OCH3 is 1. The summed E-state index contributed by atoms with van der Waals surface area (Å²) < 4.78 is 10.6. The van der Waals surface area contributed by atoms with Gasteiger partial charge in [0.2, 0.25) is 5.95 Å². The second-order valence-electron chi connectivity index (χ2n) is 8.49. The van der Waals surface area contributed by atoms with E-state index in [-0.39, 0.29) is 6.03 Å². The number of rotatable bonds is 5. The Labute approximate surface area is 182 Å². The number of hydrogen-bond donors (Lipinski definition) is 2. The van der Waals surface area contributed by atoms with E-state index >= 15 is 0 Å². The lowest BCUT2D eigenvalue weighted by atomic mass is 9.97. The van der Waals surface area contributed by atoms with Gasteiger partial charge in [0.25, 0.3) is 0 Å². The summed E-state index contributed by atoms with van der Waals surface area (Å²) in [4.78, 5) is 24.1. The molecule has 0 radical (unpaired) electrons. The highest BCUT2D eigenvalue weighted by atomic mass is 16.5. The number of anilines is 1. The van der Waals surface area contributed by atoms with E-state index in [0.717, 1.165) is 48.6 Å². The van der Waals surface area contributed by atoms with Crippen LogP contribution in [0.1, 0.15) is 43.5 Å². The summed E-state index contributed by atoms with van der Waals surface area (Å²) in [5, 5.41) is 4.64. The van der Waals surface area contributed by atoms with Crippen molar-refractivity contribution in [3.05, 3.63) is 47.3 Å². The molecule has 0 unspecified atom stereocenters. The summed E-state index contributed by atoms with van der Waals surface area (Å²) in [5.41, 5.74) is 2.16. The number of hydrogen-bond acceptors (Lipinski definition) is 7. The summed E-state index contributed by atoms with van der Waals surface area (Å²) >= 11 is 0. The molecule has 1 fully saturated rings. The van der Waals surface area contributed by atoms with Gasteiger partial charge in [0.1, 0.15) is 5.75 Å². The molecule has 0 aliphatic carbocycles. The maximum Gasteiger partial charge on any atom is 0.335 e. The smallest absolute Gasteiger partial charge is 0.335 e. The van der Waals surface area contributed by atoms with Crippen LogP contribution in [0.2, 0.25) is 0 Å². The number of nitrogens with one attached hydrogen (secondary N) is 1. The molecule has 166 valence electrons. The molecule has 2 amide bonds. The molecule has 0 atom stereocenters. The van der Waals surface area contributed by atoms with Crippen molar-refractivity contribution in [2.75, 3.05) is 25.6 Å². The van der Waals surface area contributed by atoms with Crippen LogP contribution in [0.4, 0.5) is 10.7 Å². The van der Waals surface area contributed by atoms with Gasteiger partial charge in [-0.15, -0.1) is 0 Å². The quantitative estimate of drug-likeness (QED) is 0.430. The van der Waals surface area contributed by atoms with Gasteiger partial charge in [0, 0.05) is 31.0 Å². The molecule has 2 aliphatic rings.